The van der Waals surface area contributed by atoms with E-state index < -0.39 is 12.8 Å². The van der Waals surface area contributed by atoms with E-state index >= 15 is 0 Å². The van der Waals surface area contributed by atoms with Crippen molar-refractivity contribution in [2.75, 3.05) is 26.3 Å². The summed E-state index contributed by atoms with van der Waals surface area (Å²) in [4.78, 5) is 0. The van der Waals surface area contributed by atoms with E-state index in [0.29, 0.717) is 6.54 Å². The molecule has 1 aliphatic rings. The number of ether oxygens (including phenoxy) is 2. The van der Waals surface area contributed by atoms with Crippen LogP contribution in [0.3, 0.4) is 0 Å². The molecule has 0 aromatic carbocycles. The molecule has 3 nitrogen and oxygen atoms in total. The molecule has 84 valence electrons. The van der Waals surface area contributed by atoms with Crippen molar-refractivity contribution in [3.05, 3.63) is 0 Å². The first-order valence-electron chi connectivity index (χ1n) is 4.48. The molecule has 1 fully saturated rings. The average molecular weight is 213 g/mol. The minimum atomic E-state index is -4.26. The number of rotatable bonds is 3. The molecule has 0 radical (unpaired) electrons. The predicted octanol–water partition coefficient (Wildman–Crippen LogP) is 0.942. The van der Waals surface area contributed by atoms with Crippen LogP contribution in [-0.2, 0) is 9.47 Å². The summed E-state index contributed by atoms with van der Waals surface area (Å²) < 4.78 is 45.0. The van der Waals surface area contributed by atoms with Gasteiger partial charge in [-0.2, -0.15) is 13.2 Å². The Morgan fingerprint density at radius 3 is 2.71 bits per heavy atom. The summed E-state index contributed by atoms with van der Waals surface area (Å²) in [6, 6.07) is 0. The van der Waals surface area contributed by atoms with E-state index in [2.05, 4.69) is 10.1 Å². The molecule has 2 unspecified atom stereocenters. The van der Waals surface area contributed by atoms with Gasteiger partial charge in [-0.1, -0.05) is 0 Å². The highest BCUT2D eigenvalue weighted by Gasteiger charge is 2.28. The molecule has 14 heavy (non-hydrogen) atoms. The lowest BCUT2D eigenvalue weighted by Crippen LogP contribution is -2.45. The van der Waals surface area contributed by atoms with Gasteiger partial charge < -0.3 is 14.8 Å². The largest absolute Gasteiger partial charge is 0.411 e. The second-order valence-electron chi connectivity index (χ2n) is 3.36. The van der Waals surface area contributed by atoms with Gasteiger partial charge in [0.2, 0.25) is 0 Å². The first kappa shape index (κ1) is 11.7. The lowest BCUT2D eigenvalue weighted by molar-refractivity contribution is -0.184. The van der Waals surface area contributed by atoms with Gasteiger partial charge in [0, 0.05) is 13.1 Å². The molecule has 1 rings (SSSR count). The molecule has 2 atom stereocenters. The maximum absolute atomic E-state index is 11.7. The molecule has 1 N–H and O–H groups in total. The summed E-state index contributed by atoms with van der Waals surface area (Å²) in [5, 5.41) is 3.05. The maximum atomic E-state index is 11.7. The Labute approximate surface area is 80.6 Å². The van der Waals surface area contributed by atoms with Gasteiger partial charge in [0.1, 0.15) is 6.61 Å². The summed E-state index contributed by atoms with van der Waals surface area (Å²) in [6.45, 7) is 1.92. The number of nitrogens with one attached hydrogen (secondary N) is 1. The lowest BCUT2D eigenvalue weighted by Gasteiger charge is -2.28. The van der Waals surface area contributed by atoms with Gasteiger partial charge in [-0.25, -0.2) is 0 Å². The van der Waals surface area contributed by atoms with E-state index in [1.165, 1.54) is 0 Å². The van der Waals surface area contributed by atoms with Gasteiger partial charge in [0.15, 0.2) is 0 Å². The van der Waals surface area contributed by atoms with E-state index in [1.807, 2.05) is 6.92 Å². The van der Waals surface area contributed by atoms with Crippen LogP contribution in [0.4, 0.5) is 13.2 Å². The molecule has 1 aliphatic heterocycles. The Kier molecular flexibility index (Phi) is 4.15. The monoisotopic (exact) mass is 213 g/mol. The molecule has 6 heteroatoms. The standard InChI is InChI=1S/C8H14F3NO2/c1-6-2-12-3-7(14-6)4-13-5-8(9,10)11/h6-7,12H,2-5H2,1H3. The van der Waals surface area contributed by atoms with Gasteiger partial charge in [0.25, 0.3) is 0 Å². The van der Waals surface area contributed by atoms with Crippen molar-refractivity contribution in [2.24, 2.45) is 0 Å². The van der Waals surface area contributed by atoms with Gasteiger partial charge in [-0.15, -0.1) is 0 Å². The SMILES string of the molecule is CC1CNCC(COCC(F)(F)F)O1. The number of alkyl halides is 3. The quantitative estimate of drug-likeness (QED) is 0.757. The average Bonchev–Trinajstić information content (AvgIpc) is 2.01. The van der Waals surface area contributed by atoms with Crippen molar-refractivity contribution in [2.45, 2.75) is 25.3 Å². The van der Waals surface area contributed by atoms with Gasteiger partial charge in [0.05, 0.1) is 18.8 Å². The Morgan fingerprint density at radius 2 is 2.14 bits per heavy atom. The molecule has 0 aromatic rings. The normalized spacial score (nSPS) is 29.1. The molecule has 1 heterocycles. The minimum absolute atomic E-state index is 0.0170. The second kappa shape index (κ2) is 4.95. The fourth-order valence-corrected chi connectivity index (χ4v) is 1.28. The second-order valence-corrected chi connectivity index (χ2v) is 3.36. The lowest BCUT2D eigenvalue weighted by atomic mass is 10.2. The highest BCUT2D eigenvalue weighted by molar-refractivity contribution is 4.71. The van der Waals surface area contributed by atoms with Crippen LogP contribution in [0.15, 0.2) is 0 Å². The van der Waals surface area contributed by atoms with Crippen LogP contribution in [0.5, 0.6) is 0 Å². The highest BCUT2D eigenvalue weighted by Crippen LogP contribution is 2.15. The number of morpholine rings is 1. The Morgan fingerprint density at radius 1 is 1.43 bits per heavy atom. The summed E-state index contributed by atoms with van der Waals surface area (Å²) in [5.74, 6) is 0. The minimum Gasteiger partial charge on any atom is -0.370 e. The zero-order valence-electron chi connectivity index (χ0n) is 7.93. The predicted molar refractivity (Wildman–Crippen MR) is 44.1 cm³/mol. The fourth-order valence-electron chi connectivity index (χ4n) is 1.28. The van der Waals surface area contributed by atoms with Crippen molar-refractivity contribution < 1.29 is 22.6 Å². The number of hydrogen-bond donors (Lipinski definition) is 1. The van der Waals surface area contributed by atoms with Crippen molar-refractivity contribution in [1.82, 2.24) is 5.32 Å². The van der Waals surface area contributed by atoms with Crippen molar-refractivity contribution >= 4 is 0 Å². The van der Waals surface area contributed by atoms with E-state index in [0.717, 1.165) is 6.54 Å². The number of halogens is 3. The molecule has 0 amide bonds. The zero-order valence-corrected chi connectivity index (χ0v) is 7.93. The summed E-state index contributed by atoms with van der Waals surface area (Å²) in [5.41, 5.74) is 0. The molecule has 0 aliphatic carbocycles. The molecule has 0 aromatic heterocycles. The first-order chi connectivity index (χ1) is 6.47. The smallest absolute Gasteiger partial charge is 0.370 e. The van der Waals surface area contributed by atoms with Crippen LogP contribution in [0.25, 0.3) is 0 Å². The van der Waals surface area contributed by atoms with Crippen LogP contribution < -0.4 is 5.32 Å². The third-order valence-electron chi connectivity index (χ3n) is 1.80. The number of hydrogen-bond acceptors (Lipinski definition) is 3. The van der Waals surface area contributed by atoms with Crippen LogP contribution in [0.1, 0.15) is 6.92 Å². The third kappa shape index (κ3) is 4.78. The van der Waals surface area contributed by atoms with Crippen molar-refractivity contribution in [1.29, 1.82) is 0 Å². The Bertz CT molecular complexity index is 174. The summed E-state index contributed by atoms with van der Waals surface area (Å²) >= 11 is 0. The molecule has 0 bridgehead atoms. The summed E-state index contributed by atoms with van der Waals surface area (Å²) in [6.07, 6.45) is -4.50. The molecular weight excluding hydrogens is 199 g/mol. The molecular formula is C8H14F3NO2. The van der Waals surface area contributed by atoms with E-state index in [4.69, 9.17) is 4.74 Å². The van der Waals surface area contributed by atoms with Gasteiger partial charge in [-0.05, 0) is 6.92 Å². The molecule has 0 saturated carbocycles. The summed E-state index contributed by atoms with van der Waals surface area (Å²) in [7, 11) is 0. The van der Waals surface area contributed by atoms with Crippen molar-refractivity contribution in [3.63, 3.8) is 0 Å². The van der Waals surface area contributed by atoms with E-state index in [9.17, 15) is 13.2 Å². The van der Waals surface area contributed by atoms with Gasteiger partial charge >= 0.3 is 6.18 Å². The Hall–Kier alpha value is -0.330. The van der Waals surface area contributed by atoms with Gasteiger partial charge in [-0.3, -0.25) is 0 Å². The van der Waals surface area contributed by atoms with Crippen LogP contribution in [0.2, 0.25) is 0 Å². The topological polar surface area (TPSA) is 30.5 Å². The van der Waals surface area contributed by atoms with E-state index in [1.54, 1.807) is 0 Å². The Balaban J connectivity index is 2.12. The maximum Gasteiger partial charge on any atom is 0.411 e. The highest BCUT2D eigenvalue weighted by atomic mass is 19.4. The molecule has 1 saturated heterocycles. The van der Waals surface area contributed by atoms with Crippen LogP contribution >= 0.6 is 0 Å². The first-order valence-corrected chi connectivity index (χ1v) is 4.48. The third-order valence-corrected chi connectivity index (χ3v) is 1.80. The molecule has 0 spiro atoms. The van der Waals surface area contributed by atoms with Crippen LogP contribution in [-0.4, -0.2) is 44.7 Å². The zero-order chi connectivity index (χ0) is 10.6. The fraction of sp³-hybridized carbons (Fsp3) is 1.00. The van der Waals surface area contributed by atoms with Crippen LogP contribution in [0, 0.1) is 0 Å². The van der Waals surface area contributed by atoms with Crippen molar-refractivity contribution in [3.8, 4) is 0 Å². The van der Waals surface area contributed by atoms with E-state index in [-0.39, 0.29) is 18.8 Å².